The molecule has 0 fully saturated rings. The minimum absolute atomic E-state index is 0.0124. The van der Waals surface area contributed by atoms with Gasteiger partial charge in [0, 0.05) is 41.1 Å². The first-order valence-electron chi connectivity index (χ1n) is 10.9. The fourth-order valence-corrected chi connectivity index (χ4v) is 4.73. The van der Waals surface area contributed by atoms with Crippen molar-refractivity contribution in [3.8, 4) is 22.7 Å². The lowest BCUT2D eigenvalue weighted by Gasteiger charge is -2.21. The fraction of sp³-hybridized carbons (Fsp3) is 0.192. The molecule has 7 heteroatoms. The monoisotopic (exact) mass is 456 g/mol. The van der Waals surface area contributed by atoms with Crippen LogP contribution in [0.25, 0.3) is 16.9 Å². The molecule has 0 bridgehead atoms. The number of hydrazone groups is 1. The molecule has 0 unspecified atom stereocenters. The molecule has 0 saturated carbocycles. The number of aromatic nitrogens is 2. The number of rotatable bonds is 6. The zero-order chi connectivity index (χ0) is 22.8. The van der Waals surface area contributed by atoms with Gasteiger partial charge in [0.2, 0.25) is 5.91 Å². The molecule has 1 aliphatic rings. The molecule has 0 spiro atoms. The summed E-state index contributed by atoms with van der Waals surface area (Å²) in [4.78, 5) is 12.9. The van der Waals surface area contributed by atoms with E-state index in [1.54, 1.807) is 23.5 Å². The van der Waals surface area contributed by atoms with E-state index in [1.807, 2.05) is 77.8 Å². The van der Waals surface area contributed by atoms with Crippen molar-refractivity contribution in [2.24, 2.45) is 5.10 Å². The normalized spacial score (nSPS) is 15.5. The van der Waals surface area contributed by atoms with Gasteiger partial charge in [-0.1, -0.05) is 37.3 Å². The summed E-state index contributed by atoms with van der Waals surface area (Å²) in [5.74, 6) is 0.754. The molecule has 0 aliphatic carbocycles. The van der Waals surface area contributed by atoms with Gasteiger partial charge in [0.1, 0.15) is 5.75 Å². The zero-order valence-electron chi connectivity index (χ0n) is 18.5. The molecule has 2 aromatic heterocycles. The maximum atomic E-state index is 12.9. The van der Waals surface area contributed by atoms with Crippen LogP contribution in [0.2, 0.25) is 0 Å². The highest BCUT2D eigenvalue weighted by Crippen LogP contribution is 2.39. The van der Waals surface area contributed by atoms with Crippen molar-refractivity contribution in [3.63, 3.8) is 0 Å². The Bertz CT molecular complexity index is 1300. The second-order valence-corrected chi connectivity index (χ2v) is 8.60. The molecule has 5 rings (SSSR count). The predicted molar refractivity (Wildman–Crippen MR) is 131 cm³/mol. The van der Waals surface area contributed by atoms with Crippen LogP contribution in [-0.2, 0) is 4.79 Å². The number of ether oxygens (including phenoxy) is 1. The van der Waals surface area contributed by atoms with Crippen molar-refractivity contribution in [1.29, 1.82) is 0 Å². The van der Waals surface area contributed by atoms with E-state index in [9.17, 15) is 4.79 Å². The molecule has 33 heavy (non-hydrogen) atoms. The molecule has 0 radical (unpaired) electrons. The fourth-order valence-electron chi connectivity index (χ4n) is 4.09. The van der Waals surface area contributed by atoms with Crippen LogP contribution in [0, 0.1) is 0 Å². The van der Waals surface area contributed by atoms with Gasteiger partial charge in [-0.15, -0.1) is 0 Å². The Morgan fingerprint density at radius 3 is 2.70 bits per heavy atom. The SMILES string of the molecule is CCC(=O)N1N=C(c2cccc(OC)c2)C[C@@H]1c1cn(-c2ccccc2)nc1-c1ccsc1. The third-order valence-electron chi connectivity index (χ3n) is 5.79. The Labute approximate surface area is 196 Å². The minimum atomic E-state index is -0.231. The van der Waals surface area contributed by atoms with Crippen LogP contribution in [0.3, 0.4) is 0 Å². The standard InChI is InChI=1S/C26H24N4O2S/c1-3-25(31)30-24(15-23(27-30)18-8-7-11-21(14-18)32-2)22-16-29(20-9-5-4-6-10-20)28-26(22)19-12-13-33-17-19/h4-14,16-17,24H,3,15H2,1-2H3/t24-/m1/s1. The van der Waals surface area contributed by atoms with Crippen LogP contribution in [0.4, 0.5) is 0 Å². The average molecular weight is 457 g/mol. The van der Waals surface area contributed by atoms with Crippen LogP contribution >= 0.6 is 11.3 Å². The molecule has 3 heterocycles. The van der Waals surface area contributed by atoms with E-state index < -0.39 is 0 Å². The molecule has 166 valence electrons. The number of carbonyl (C=O) groups is 1. The first kappa shape index (κ1) is 21.2. The number of carbonyl (C=O) groups excluding carboxylic acids is 1. The van der Waals surface area contributed by atoms with Crippen molar-refractivity contribution < 1.29 is 9.53 Å². The van der Waals surface area contributed by atoms with E-state index in [2.05, 4.69) is 11.4 Å². The molecule has 2 aromatic carbocycles. The summed E-state index contributed by atoms with van der Waals surface area (Å²) in [6.07, 6.45) is 3.02. The first-order chi connectivity index (χ1) is 16.2. The van der Waals surface area contributed by atoms with Gasteiger partial charge in [-0.3, -0.25) is 4.79 Å². The van der Waals surface area contributed by atoms with Crippen LogP contribution < -0.4 is 4.74 Å². The summed E-state index contributed by atoms with van der Waals surface area (Å²) in [6.45, 7) is 1.87. The van der Waals surface area contributed by atoms with Gasteiger partial charge in [0.25, 0.3) is 0 Å². The highest BCUT2D eigenvalue weighted by Gasteiger charge is 2.35. The summed E-state index contributed by atoms with van der Waals surface area (Å²) in [6, 6.07) is 19.7. The van der Waals surface area contributed by atoms with Gasteiger partial charge in [-0.2, -0.15) is 21.5 Å². The highest BCUT2D eigenvalue weighted by atomic mass is 32.1. The first-order valence-corrected chi connectivity index (χ1v) is 11.8. The lowest BCUT2D eigenvalue weighted by molar-refractivity contribution is -0.132. The maximum Gasteiger partial charge on any atom is 0.242 e. The van der Waals surface area contributed by atoms with Crippen molar-refractivity contribution in [2.75, 3.05) is 7.11 Å². The molecule has 1 atom stereocenters. The molecule has 6 nitrogen and oxygen atoms in total. The summed E-state index contributed by atoms with van der Waals surface area (Å²) in [5, 5.41) is 15.5. The lowest BCUT2D eigenvalue weighted by Crippen LogP contribution is -2.26. The summed E-state index contributed by atoms with van der Waals surface area (Å²) >= 11 is 1.63. The molecule has 0 saturated heterocycles. The lowest BCUT2D eigenvalue weighted by atomic mass is 9.97. The van der Waals surface area contributed by atoms with Crippen LogP contribution in [0.5, 0.6) is 5.75 Å². The second kappa shape index (κ2) is 9.03. The van der Waals surface area contributed by atoms with E-state index in [-0.39, 0.29) is 11.9 Å². The minimum Gasteiger partial charge on any atom is -0.497 e. The zero-order valence-corrected chi connectivity index (χ0v) is 19.3. The second-order valence-electron chi connectivity index (χ2n) is 7.82. The smallest absolute Gasteiger partial charge is 0.242 e. The highest BCUT2D eigenvalue weighted by molar-refractivity contribution is 7.08. The predicted octanol–water partition coefficient (Wildman–Crippen LogP) is 5.70. The number of hydrogen-bond donors (Lipinski definition) is 0. The molecular weight excluding hydrogens is 432 g/mol. The van der Waals surface area contributed by atoms with Crippen LogP contribution in [0.1, 0.15) is 36.9 Å². The number of para-hydroxylation sites is 1. The maximum absolute atomic E-state index is 12.9. The largest absolute Gasteiger partial charge is 0.497 e. The van der Waals surface area contributed by atoms with E-state index in [0.717, 1.165) is 39.5 Å². The van der Waals surface area contributed by atoms with Crippen molar-refractivity contribution in [1.82, 2.24) is 14.8 Å². The van der Waals surface area contributed by atoms with Crippen LogP contribution in [0.15, 0.2) is 82.7 Å². The molecule has 1 aliphatic heterocycles. The van der Waals surface area contributed by atoms with Gasteiger partial charge in [-0.05, 0) is 35.7 Å². The van der Waals surface area contributed by atoms with E-state index in [0.29, 0.717) is 12.8 Å². The third-order valence-corrected chi connectivity index (χ3v) is 6.47. The van der Waals surface area contributed by atoms with Gasteiger partial charge in [0.15, 0.2) is 0 Å². The van der Waals surface area contributed by atoms with Crippen LogP contribution in [-0.4, -0.2) is 33.5 Å². The Balaban J connectivity index is 1.60. The van der Waals surface area contributed by atoms with E-state index in [4.69, 9.17) is 14.9 Å². The molecule has 4 aromatic rings. The Hall–Kier alpha value is -3.71. The van der Waals surface area contributed by atoms with Crippen molar-refractivity contribution in [3.05, 3.63) is 88.7 Å². The van der Waals surface area contributed by atoms with Gasteiger partial charge < -0.3 is 4.74 Å². The number of nitrogens with zero attached hydrogens (tertiary/aromatic N) is 4. The number of thiophene rings is 1. The molecule has 0 N–H and O–H groups in total. The third kappa shape index (κ3) is 4.07. The number of hydrogen-bond acceptors (Lipinski definition) is 5. The Kier molecular flexibility index (Phi) is 5.79. The van der Waals surface area contributed by atoms with Gasteiger partial charge in [0.05, 0.1) is 30.2 Å². The Morgan fingerprint density at radius 2 is 1.97 bits per heavy atom. The van der Waals surface area contributed by atoms with E-state index >= 15 is 0 Å². The molecular formula is C26H24N4O2S. The Morgan fingerprint density at radius 1 is 1.12 bits per heavy atom. The van der Waals surface area contributed by atoms with E-state index in [1.165, 1.54) is 0 Å². The molecule has 1 amide bonds. The number of amides is 1. The van der Waals surface area contributed by atoms with Gasteiger partial charge >= 0.3 is 0 Å². The number of benzene rings is 2. The van der Waals surface area contributed by atoms with Crippen molar-refractivity contribution in [2.45, 2.75) is 25.8 Å². The number of methoxy groups -OCH3 is 1. The average Bonchev–Trinajstić information content (AvgIpc) is 3.63. The summed E-state index contributed by atoms with van der Waals surface area (Å²) in [7, 11) is 1.65. The van der Waals surface area contributed by atoms with Crippen molar-refractivity contribution >= 4 is 23.0 Å². The summed E-state index contributed by atoms with van der Waals surface area (Å²) < 4.78 is 7.28. The quantitative estimate of drug-likeness (QED) is 0.374. The summed E-state index contributed by atoms with van der Waals surface area (Å²) in [5.41, 5.74) is 5.70. The van der Waals surface area contributed by atoms with Gasteiger partial charge in [-0.25, -0.2) is 9.69 Å². The topological polar surface area (TPSA) is 59.7 Å².